The third-order valence-corrected chi connectivity index (χ3v) is 3.82. The first kappa shape index (κ1) is 17.0. The van der Waals surface area contributed by atoms with Crippen LogP contribution < -0.4 is 4.74 Å². The summed E-state index contributed by atoms with van der Waals surface area (Å²) in [6, 6.07) is 8.14. The molecule has 0 spiro atoms. The number of nitrogens with zero attached hydrogens (tertiary/aromatic N) is 1. The molecule has 0 saturated heterocycles. The number of hydrogen-bond donors (Lipinski definition) is 0. The summed E-state index contributed by atoms with van der Waals surface area (Å²) in [5.74, 6) is -0.685. The molecule has 25 heavy (non-hydrogen) atoms. The van der Waals surface area contributed by atoms with Crippen molar-refractivity contribution in [2.75, 3.05) is 0 Å². The van der Waals surface area contributed by atoms with E-state index in [1.54, 1.807) is 0 Å². The van der Waals surface area contributed by atoms with Gasteiger partial charge >= 0.3 is 12.3 Å². The zero-order valence-electron chi connectivity index (χ0n) is 12.4. The van der Waals surface area contributed by atoms with Crippen LogP contribution in [-0.4, -0.2) is 17.3 Å². The van der Waals surface area contributed by atoms with E-state index in [9.17, 15) is 18.0 Å². The van der Waals surface area contributed by atoms with Crippen molar-refractivity contribution in [3.05, 3.63) is 59.3 Å². The van der Waals surface area contributed by atoms with Crippen LogP contribution >= 0.6 is 11.3 Å². The van der Waals surface area contributed by atoms with E-state index in [1.807, 2.05) is 17.5 Å². The Kier molecular flexibility index (Phi) is 4.75. The van der Waals surface area contributed by atoms with Crippen LogP contribution in [0.15, 0.2) is 52.5 Å². The third-order valence-electron chi connectivity index (χ3n) is 2.96. The minimum atomic E-state index is -4.78. The topological polar surface area (TPSA) is 61.6 Å². The molecule has 9 heteroatoms. The fourth-order valence-electron chi connectivity index (χ4n) is 1.90. The Morgan fingerprint density at radius 2 is 1.96 bits per heavy atom. The highest BCUT2D eigenvalue weighted by atomic mass is 32.1. The van der Waals surface area contributed by atoms with Crippen molar-refractivity contribution in [1.29, 1.82) is 0 Å². The van der Waals surface area contributed by atoms with E-state index >= 15 is 0 Å². The van der Waals surface area contributed by atoms with E-state index < -0.39 is 18.1 Å². The zero-order chi connectivity index (χ0) is 17.9. The fraction of sp³-hybridized carbons (Fsp3) is 0.125. The van der Waals surface area contributed by atoms with Crippen molar-refractivity contribution in [3.8, 4) is 16.5 Å². The van der Waals surface area contributed by atoms with Gasteiger partial charge in [-0.3, -0.25) is 0 Å². The summed E-state index contributed by atoms with van der Waals surface area (Å²) in [5.41, 5.74) is 0.519. The van der Waals surface area contributed by atoms with Gasteiger partial charge in [0.1, 0.15) is 24.3 Å². The maximum absolute atomic E-state index is 12.1. The molecule has 0 saturated carbocycles. The SMILES string of the molecule is O=C(OCc1coc(-c2cccs2)n1)c1ccc(OC(F)(F)F)cc1. The maximum atomic E-state index is 12.1. The molecular formula is C16H10F3NO4S. The highest BCUT2D eigenvalue weighted by molar-refractivity contribution is 7.13. The van der Waals surface area contributed by atoms with E-state index in [2.05, 4.69) is 9.72 Å². The lowest BCUT2D eigenvalue weighted by Crippen LogP contribution is -2.17. The van der Waals surface area contributed by atoms with Crippen LogP contribution in [0, 0.1) is 0 Å². The minimum absolute atomic E-state index is 0.0940. The van der Waals surface area contributed by atoms with E-state index in [0.29, 0.717) is 11.6 Å². The van der Waals surface area contributed by atoms with Gasteiger partial charge in [-0.2, -0.15) is 0 Å². The Morgan fingerprint density at radius 3 is 2.60 bits per heavy atom. The molecule has 0 fully saturated rings. The smallest absolute Gasteiger partial charge is 0.455 e. The Bertz CT molecular complexity index is 841. The number of aromatic nitrogens is 1. The number of thiophene rings is 1. The molecule has 130 valence electrons. The van der Waals surface area contributed by atoms with Crippen molar-refractivity contribution in [2.45, 2.75) is 13.0 Å². The normalized spacial score (nSPS) is 11.3. The molecule has 0 aliphatic heterocycles. The van der Waals surface area contributed by atoms with E-state index in [4.69, 9.17) is 9.15 Å². The number of esters is 1. The van der Waals surface area contributed by atoms with E-state index in [1.165, 1.54) is 29.7 Å². The van der Waals surface area contributed by atoms with Crippen LogP contribution in [0.5, 0.6) is 5.75 Å². The summed E-state index contributed by atoms with van der Waals surface area (Å²) in [5, 5.41) is 1.88. The van der Waals surface area contributed by atoms with Gasteiger partial charge in [-0.1, -0.05) is 6.07 Å². The van der Waals surface area contributed by atoms with Crippen LogP contribution in [-0.2, 0) is 11.3 Å². The number of rotatable bonds is 5. The van der Waals surface area contributed by atoms with Crippen molar-refractivity contribution in [3.63, 3.8) is 0 Å². The molecule has 2 aromatic heterocycles. The van der Waals surface area contributed by atoms with Crippen molar-refractivity contribution < 1.29 is 31.9 Å². The molecule has 0 aliphatic carbocycles. The van der Waals surface area contributed by atoms with Gasteiger partial charge in [0.25, 0.3) is 0 Å². The van der Waals surface area contributed by atoms with Gasteiger partial charge < -0.3 is 13.9 Å². The predicted molar refractivity (Wildman–Crippen MR) is 82.1 cm³/mol. The van der Waals surface area contributed by atoms with Gasteiger partial charge in [0.05, 0.1) is 10.4 Å². The highest BCUT2D eigenvalue weighted by Gasteiger charge is 2.31. The molecule has 2 heterocycles. The maximum Gasteiger partial charge on any atom is 0.573 e. The molecule has 1 aromatic carbocycles. The second-order valence-electron chi connectivity index (χ2n) is 4.77. The Morgan fingerprint density at radius 1 is 1.20 bits per heavy atom. The summed E-state index contributed by atoms with van der Waals surface area (Å²) >= 11 is 1.46. The first-order valence-electron chi connectivity index (χ1n) is 6.92. The molecule has 3 aromatic rings. The lowest BCUT2D eigenvalue weighted by Gasteiger charge is -2.09. The molecule has 0 bridgehead atoms. The Labute approximate surface area is 143 Å². The molecule has 0 N–H and O–H groups in total. The van der Waals surface area contributed by atoms with Gasteiger partial charge in [0.15, 0.2) is 0 Å². The molecular weight excluding hydrogens is 359 g/mol. The van der Waals surface area contributed by atoms with Gasteiger partial charge in [-0.25, -0.2) is 9.78 Å². The van der Waals surface area contributed by atoms with Crippen LogP contribution in [0.1, 0.15) is 16.1 Å². The Balaban J connectivity index is 1.57. The van der Waals surface area contributed by atoms with Crippen LogP contribution in [0.2, 0.25) is 0 Å². The monoisotopic (exact) mass is 369 g/mol. The number of carbonyl (C=O) groups excluding carboxylic acids is 1. The van der Waals surface area contributed by atoms with Gasteiger partial charge in [0, 0.05) is 0 Å². The Hall–Kier alpha value is -2.81. The molecule has 3 rings (SSSR count). The number of oxazole rings is 1. The second kappa shape index (κ2) is 6.98. The molecule has 0 atom stereocenters. The third kappa shape index (κ3) is 4.60. The van der Waals surface area contributed by atoms with E-state index in [-0.39, 0.29) is 12.2 Å². The molecule has 0 aliphatic rings. The summed E-state index contributed by atoms with van der Waals surface area (Å²) < 4.78 is 50.3. The summed E-state index contributed by atoms with van der Waals surface area (Å²) in [6.45, 7) is -0.117. The number of alkyl halides is 3. The fourth-order valence-corrected chi connectivity index (χ4v) is 2.56. The largest absolute Gasteiger partial charge is 0.573 e. The number of benzene rings is 1. The number of carbonyl (C=O) groups is 1. The van der Waals surface area contributed by atoms with E-state index in [0.717, 1.165) is 17.0 Å². The number of ether oxygens (including phenoxy) is 2. The zero-order valence-corrected chi connectivity index (χ0v) is 13.3. The van der Waals surface area contributed by atoms with Crippen molar-refractivity contribution in [1.82, 2.24) is 4.98 Å². The molecule has 0 radical (unpaired) electrons. The molecule has 0 unspecified atom stereocenters. The number of halogens is 3. The van der Waals surface area contributed by atoms with Gasteiger partial charge in [0.2, 0.25) is 5.89 Å². The van der Waals surface area contributed by atoms with Crippen molar-refractivity contribution in [2.24, 2.45) is 0 Å². The first-order valence-corrected chi connectivity index (χ1v) is 7.80. The van der Waals surface area contributed by atoms with Crippen molar-refractivity contribution >= 4 is 17.3 Å². The summed E-state index contributed by atoms with van der Waals surface area (Å²) in [7, 11) is 0. The average Bonchev–Trinajstić information content (AvgIpc) is 3.23. The molecule has 0 amide bonds. The summed E-state index contributed by atoms with van der Waals surface area (Å²) in [6.07, 6.45) is -3.40. The number of hydrogen-bond acceptors (Lipinski definition) is 6. The quantitative estimate of drug-likeness (QED) is 0.612. The van der Waals surface area contributed by atoms with Crippen LogP contribution in [0.25, 0.3) is 10.8 Å². The molecule has 5 nitrogen and oxygen atoms in total. The van der Waals surface area contributed by atoms with Gasteiger partial charge in [-0.15, -0.1) is 24.5 Å². The average molecular weight is 369 g/mol. The second-order valence-corrected chi connectivity index (χ2v) is 5.72. The lowest BCUT2D eigenvalue weighted by molar-refractivity contribution is -0.274. The van der Waals surface area contributed by atoms with Gasteiger partial charge in [-0.05, 0) is 35.7 Å². The predicted octanol–water partition coefficient (Wildman–Crippen LogP) is 4.66. The lowest BCUT2D eigenvalue weighted by atomic mass is 10.2. The summed E-state index contributed by atoms with van der Waals surface area (Å²) in [4.78, 5) is 16.9. The van der Waals surface area contributed by atoms with Crippen LogP contribution in [0.4, 0.5) is 13.2 Å². The van der Waals surface area contributed by atoms with Crippen LogP contribution in [0.3, 0.4) is 0 Å². The first-order chi connectivity index (χ1) is 11.9. The minimum Gasteiger partial charge on any atom is -0.455 e. The standard InChI is InChI=1S/C16H10F3NO4S/c17-16(18,19)24-12-5-3-10(4-6-12)15(21)23-9-11-8-22-14(20-11)13-2-1-7-25-13/h1-8H,9H2. The highest BCUT2D eigenvalue weighted by Crippen LogP contribution is 2.24.